The zero-order chi connectivity index (χ0) is 11.8. The van der Waals surface area contributed by atoms with Gasteiger partial charge in [0.25, 0.3) is 0 Å². The van der Waals surface area contributed by atoms with Gasteiger partial charge >= 0.3 is 0 Å². The molecule has 4 heteroatoms. The number of nitrogens with zero attached hydrogens (tertiary/aromatic N) is 3. The number of pyridine rings is 2. The van der Waals surface area contributed by atoms with Crippen LogP contribution in [0.25, 0.3) is 11.0 Å². The molecule has 0 aromatic carbocycles. The number of halogens is 1. The molecule has 88 valence electrons. The Kier molecular flexibility index (Phi) is 2.74. The molecule has 0 amide bonds. The van der Waals surface area contributed by atoms with Crippen LogP contribution in [0.4, 0.5) is 5.69 Å². The monoisotopic (exact) mass is 291 g/mol. The first-order valence-corrected chi connectivity index (χ1v) is 6.68. The van der Waals surface area contributed by atoms with E-state index in [9.17, 15) is 0 Å². The van der Waals surface area contributed by atoms with Gasteiger partial charge in [0, 0.05) is 30.0 Å². The molecular formula is C13H14BrN3. The standard InChI is InChI=1S/C13H14BrN3/c1-17(10-3-2-4-10)12-5-6-15-11-7-9(14)8-16-13(11)12/h5-8,10H,2-4H2,1H3. The summed E-state index contributed by atoms with van der Waals surface area (Å²) in [7, 11) is 2.16. The van der Waals surface area contributed by atoms with Gasteiger partial charge in [0.1, 0.15) is 5.52 Å². The van der Waals surface area contributed by atoms with Gasteiger partial charge in [-0.15, -0.1) is 0 Å². The van der Waals surface area contributed by atoms with Crippen molar-refractivity contribution in [3.05, 3.63) is 29.0 Å². The van der Waals surface area contributed by atoms with E-state index in [0.29, 0.717) is 6.04 Å². The van der Waals surface area contributed by atoms with E-state index in [1.54, 1.807) is 0 Å². The minimum Gasteiger partial charge on any atom is -0.370 e. The second kappa shape index (κ2) is 4.26. The molecule has 2 aromatic rings. The van der Waals surface area contributed by atoms with Crippen molar-refractivity contribution in [3.8, 4) is 0 Å². The van der Waals surface area contributed by atoms with Crippen LogP contribution in [0.2, 0.25) is 0 Å². The minimum atomic E-state index is 0.672. The van der Waals surface area contributed by atoms with Crippen LogP contribution in [0.1, 0.15) is 19.3 Å². The van der Waals surface area contributed by atoms with E-state index < -0.39 is 0 Å². The van der Waals surface area contributed by atoms with Crippen molar-refractivity contribution >= 4 is 32.7 Å². The summed E-state index contributed by atoms with van der Waals surface area (Å²) in [5, 5.41) is 0. The molecule has 3 rings (SSSR count). The normalized spacial score (nSPS) is 15.9. The average Bonchev–Trinajstić information content (AvgIpc) is 2.25. The molecule has 0 bridgehead atoms. The lowest BCUT2D eigenvalue weighted by molar-refractivity contribution is 0.401. The Labute approximate surface area is 109 Å². The molecule has 1 aliphatic carbocycles. The van der Waals surface area contributed by atoms with E-state index in [2.05, 4.69) is 43.9 Å². The lowest BCUT2D eigenvalue weighted by Crippen LogP contribution is -2.37. The van der Waals surface area contributed by atoms with Crippen molar-refractivity contribution < 1.29 is 0 Å². The van der Waals surface area contributed by atoms with E-state index >= 15 is 0 Å². The number of rotatable bonds is 2. The molecular weight excluding hydrogens is 278 g/mol. The highest BCUT2D eigenvalue weighted by Gasteiger charge is 2.23. The molecule has 0 radical (unpaired) electrons. The Morgan fingerprint density at radius 3 is 2.88 bits per heavy atom. The van der Waals surface area contributed by atoms with Gasteiger partial charge in [-0.3, -0.25) is 9.97 Å². The second-order valence-electron chi connectivity index (χ2n) is 4.55. The first-order valence-electron chi connectivity index (χ1n) is 5.89. The third-order valence-corrected chi connectivity index (χ3v) is 3.96. The molecule has 1 saturated carbocycles. The Morgan fingerprint density at radius 1 is 1.35 bits per heavy atom. The molecule has 2 aromatic heterocycles. The fourth-order valence-electron chi connectivity index (χ4n) is 2.25. The first-order chi connectivity index (χ1) is 8.25. The van der Waals surface area contributed by atoms with Gasteiger partial charge in [0.2, 0.25) is 0 Å². The fraction of sp³-hybridized carbons (Fsp3) is 0.385. The molecule has 1 aliphatic rings. The van der Waals surface area contributed by atoms with Gasteiger partial charge in [-0.25, -0.2) is 0 Å². The molecule has 0 unspecified atom stereocenters. The summed E-state index contributed by atoms with van der Waals surface area (Å²) in [6.45, 7) is 0. The summed E-state index contributed by atoms with van der Waals surface area (Å²) in [6.07, 6.45) is 7.62. The van der Waals surface area contributed by atoms with Gasteiger partial charge in [-0.1, -0.05) is 0 Å². The lowest BCUT2D eigenvalue weighted by Gasteiger charge is -2.36. The van der Waals surface area contributed by atoms with Crippen molar-refractivity contribution in [2.45, 2.75) is 25.3 Å². The van der Waals surface area contributed by atoms with Crippen LogP contribution in [0.15, 0.2) is 29.0 Å². The maximum absolute atomic E-state index is 4.49. The molecule has 3 nitrogen and oxygen atoms in total. The highest BCUT2D eigenvalue weighted by atomic mass is 79.9. The van der Waals surface area contributed by atoms with Gasteiger partial charge < -0.3 is 4.90 Å². The van der Waals surface area contributed by atoms with Crippen LogP contribution in [0.3, 0.4) is 0 Å². The van der Waals surface area contributed by atoms with E-state index in [1.807, 2.05) is 18.5 Å². The quantitative estimate of drug-likeness (QED) is 0.849. The van der Waals surface area contributed by atoms with Gasteiger partial charge in [0.05, 0.1) is 11.2 Å². The number of aromatic nitrogens is 2. The maximum Gasteiger partial charge on any atom is 0.112 e. The molecule has 0 spiro atoms. The molecule has 0 aliphatic heterocycles. The third-order valence-electron chi connectivity index (χ3n) is 3.53. The first kappa shape index (κ1) is 11.0. The van der Waals surface area contributed by atoms with Gasteiger partial charge in [-0.2, -0.15) is 0 Å². The highest BCUT2D eigenvalue weighted by molar-refractivity contribution is 9.10. The predicted molar refractivity (Wildman–Crippen MR) is 73.3 cm³/mol. The van der Waals surface area contributed by atoms with Crippen LogP contribution in [0, 0.1) is 0 Å². The summed E-state index contributed by atoms with van der Waals surface area (Å²) in [4.78, 5) is 11.2. The highest BCUT2D eigenvalue weighted by Crippen LogP contribution is 2.31. The number of hydrogen-bond acceptors (Lipinski definition) is 3. The molecule has 0 atom stereocenters. The van der Waals surface area contributed by atoms with Gasteiger partial charge in [0.15, 0.2) is 0 Å². The Morgan fingerprint density at radius 2 is 2.18 bits per heavy atom. The molecule has 17 heavy (non-hydrogen) atoms. The van der Waals surface area contributed by atoms with Crippen LogP contribution >= 0.6 is 15.9 Å². The van der Waals surface area contributed by atoms with Crippen LogP contribution in [0.5, 0.6) is 0 Å². The number of hydrogen-bond donors (Lipinski definition) is 0. The zero-order valence-corrected chi connectivity index (χ0v) is 11.3. The van der Waals surface area contributed by atoms with Crippen LogP contribution in [-0.2, 0) is 0 Å². The van der Waals surface area contributed by atoms with Crippen LogP contribution < -0.4 is 4.90 Å². The topological polar surface area (TPSA) is 29.0 Å². The summed E-state index contributed by atoms with van der Waals surface area (Å²) < 4.78 is 0.973. The number of anilines is 1. The summed E-state index contributed by atoms with van der Waals surface area (Å²) in [5.74, 6) is 0. The molecule has 0 saturated heterocycles. The Hall–Kier alpha value is -1.16. The third kappa shape index (κ3) is 1.90. The van der Waals surface area contributed by atoms with E-state index in [4.69, 9.17) is 0 Å². The van der Waals surface area contributed by atoms with Crippen molar-refractivity contribution in [1.82, 2.24) is 9.97 Å². The maximum atomic E-state index is 4.49. The molecule has 2 heterocycles. The summed E-state index contributed by atoms with van der Waals surface area (Å²) in [6, 6.07) is 4.74. The lowest BCUT2D eigenvalue weighted by atomic mass is 9.91. The predicted octanol–water partition coefficient (Wildman–Crippen LogP) is 3.38. The second-order valence-corrected chi connectivity index (χ2v) is 5.46. The van der Waals surface area contributed by atoms with Crippen molar-refractivity contribution in [3.63, 3.8) is 0 Å². The smallest absolute Gasteiger partial charge is 0.112 e. The Bertz CT molecular complexity index is 551. The average molecular weight is 292 g/mol. The van der Waals surface area contributed by atoms with E-state index in [0.717, 1.165) is 15.5 Å². The largest absolute Gasteiger partial charge is 0.370 e. The summed E-state index contributed by atoms with van der Waals surface area (Å²) in [5.41, 5.74) is 3.13. The zero-order valence-electron chi connectivity index (χ0n) is 9.73. The summed E-state index contributed by atoms with van der Waals surface area (Å²) >= 11 is 3.43. The molecule has 0 N–H and O–H groups in total. The van der Waals surface area contributed by atoms with E-state index in [-0.39, 0.29) is 0 Å². The van der Waals surface area contributed by atoms with Crippen LogP contribution in [-0.4, -0.2) is 23.1 Å². The van der Waals surface area contributed by atoms with Gasteiger partial charge in [-0.05, 0) is 47.3 Å². The van der Waals surface area contributed by atoms with E-state index in [1.165, 1.54) is 24.9 Å². The van der Waals surface area contributed by atoms with Crippen molar-refractivity contribution in [2.24, 2.45) is 0 Å². The fourth-order valence-corrected chi connectivity index (χ4v) is 2.57. The SMILES string of the molecule is CN(c1ccnc2cc(Br)cnc12)C1CCC1. The molecule has 1 fully saturated rings. The minimum absolute atomic E-state index is 0.672. The number of fused-ring (bicyclic) bond motifs is 1. The van der Waals surface area contributed by atoms with Crippen molar-refractivity contribution in [1.29, 1.82) is 0 Å². The Balaban J connectivity index is 2.09. The van der Waals surface area contributed by atoms with Crippen molar-refractivity contribution in [2.75, 3.05) is 11.9 Å².